The molecule has 2 N–H and O–H groups in total. The van der Waals surface area contributed by atoms with Crippen LogP contribution in [-0.2, 0) is 6.61 Å². The molecule has 0 saturated heterocycles. The number of nitrogens with zero attached hydrogens (tertiary/aromatic N) is 1. The van der Waals surface area contributed by atoms with E-state index >= 15 is 0 Å². The van der Waals surface area contributed by atoms with E-state index in [1.165, 1.54) is 5.56 Å². The van der Waals surface area contributed by atoms with Crippen molar-refractivity contribution < 1.29 is 4.74 Å². The van der Waals surface area contributed by atoms with Crippen LogP contribution in [0.4, 0.5) is 5.82 Å². The van der Waals surface area contributed by atoms with Crippen LogP contribution in [0.15, 0.2) is 42.6 Å². The lowest BCUT2D eigenvalue weighted by molar-refractivity contribution is 0.301. The maximum Gasteiger partial charge on any atom is 0.123 e. The first kappa shape index (κ1) is 13.4. The van der Waals surface area contributed by atoms with E-state index in [-0.39, 0.29) is 0 Å². The fraction of sp³-hybridized carbons (Fsp3) is 0.312. The van der Waals surface area contributed by atoms with Crippen molar-refractivity contribution in [2.45, 2.75) is 32.8 Å². The maximum atomic E-state index is 5.92. The summed E-state index contributed by atoms with van der Waals surface area (Å²) >= 11 is 0. The fourth-order valence-electron chi connectivity index (χ4n) is 1.98. The SMILES string of the molecule is CCC(C)c1ccccc1OCc1ccnc(N)c1. The molecular formula is C16H20N2O. The summed E-state index contributed by atoms with van der Waals surface area (Å²) in [6.45, 7) is 4.91. The standard InChI is InChI=1S/C16H20N2O/c1-3-12(2)14-6-4-5-7-15(14)19-11-13-8-9-18-16(17)10-13/h4-10,12H,3,11H2,1-2H3,(H2,17,18). The molecule has 19 heavy (non-hydrogen) atoms. The second-order valence-corrected chi connectivity index (χ2v) is 4.72. The lowest BCUT2D eigenvalue weighted by Crippen LogP contribution is -2.01. The Hall–Kier alpha value is -2.03. The van der Waals surface area contributed by atoms with Gasteiger partial charge >= 0.3 is 0 Å². The number of benzene rings is 1. The van der Waals surface area contributed by atoms with Gasteiger partial charge in [0.05, 0.1) is 0 Å². The minimum Gasteiger partial charge on any atom is -0.489 e. The Morgan fingerprint density at radius 1 is 1.26 bits per heavy atom. The Morgan fingerprint density at radius 3 is 2.79 bits per heavy atom. The van der Waals surface area contributed by atoms with Crippen molar-refractivity contribution in [2.75, 3.05) is 5.73 Å². The molecule has 1 aromatic carbocycles. The van der Waals surface area contributed by atoms with Gasteiger partial charge in [0.15, 0.2) is 0 Å². The Labute approximate surface area is 114 Å². The van der Waals surface area contributed by atoms with E-state index < -0.39 is 0 Å². The second kappa shape index (κ2) is 6.23. The molecule has 1 aromatic heterocycles. The minimum absolute atomic E-state index is 0.499. The van der Waals surface area contributed by atoms with Crippen LogP contribution in [0.3, 0.4) is 0 Å². The minimum atomic E-state index is 0.499. The van der Waals surface area contributed by atoms with Crippen molar-refractivity contribution in [2.24, 2.45) is 0 Å². The first-order chi connectivity index (χ1) is 9.20. The van der Waals surface area contributed by atoms with Crippen LogP contribution in [0.2, 0.25) is 0 Å². The average Bonchev–Trinajstić information content (AvgIpc) is 2.45. The van der Waals surface area contributed by atoms with E-state index in [0.717, 1.165) is 17.7 Å². The maximum absolute atomic E-state index is 5.92. The average molecular weight is 256 g/mol. The van der Waals surface area contributed by atoms with Crippen LogP contribution in [0, 0.1) is 0 Å². The van der Waals surface area contributed by atoms with E-state index in [1.54, 1.807) is 6.20 Å². The van der Waals surface area contributed by atoms with Gasteiger partial charge in [-0.3, -0.25) is 0 Å². The molecule has 2 aromatic rings. The molecule has 100 valence electrons. The van der Waals surface area contributed by atoms with Gasteiger partial charge in [-0.05, 0) is 41.7 Å². The summed E-state index contributed by atoms with van der Waals surface area (Å²) in [5.41, 5.74) is 7.95. The van der Waals surface area contributed by atoms with Gasteiger partial charge in [0.2, 0.25) is 0 Å². The van der Waals surface area contributed by atoms with E-state index in [9.17, 15) is 0 Å². The van der Waals surface area contributed by atoms with Crippen molar-refractivity contribution in [3.8, 4) is 5.75 Å². The highest BCUT2D eigenvalue weighted by Crippen LogP contribution is 2.28. The van der Waals surface area contributed by atoms with E-state index in [1.807, 2.05) is 24.3 Å². The summed E-state index contributed by atoms with van der Waals surface area (Å²) in [4.78, 5) is 3.98. The molecule has 1 atom stereocenters. The highest BCUT2D eigenvalue weighted by atomic mass is 16.5. The van der Waals surface area contributed by atoms with Crippen LogP contribution in [0.25, 0.3) is 0 Å². The highest BCUT2D eigenvalue weighted by Gasteiger charge is 2.09. The quantitative estimate of drug-likeness (QED) is 0.886. The molecule has 0 aliphatic rings. The van der Waals surface area contributed by atoms with Gasteiger partial charge in [-0.25, -0.2) is 4.98 Å². The number of para-hydroxylation sites is 1. The molecule has 0 amide bonds. The summed E-state index contributed by atoms with van der Waals surface area (Å²) in [7, 11) is 0. The summed E-state index contributed by atoms with van der Waals surface area (Å²) in [5.74, 6) is 1.97. The summed E-state index contributed by atoms with van der Waals surface area (Å²) in [6, 6.07) is 12.0. The van der Waals surface area contributed by atoms with Crippen molar-refractivity contribution in [1.29, 1.82) is 0 Å². The first-order valence-electron chi connectivity index (χ1n) is 6.62. The molecule has 1 heterocycles. The number of rotatable bonds is 5. The predicted molar refractivity (Wildman–Crippen MR) is 78.1 cm³/mol. The van der Waals surface area contributed by atoms with E-state index in [0.29, 0.717) is 18.3 Å². The topological polar surface area (TPSA) is 48.1 Å². The molecule has 2 rings (SSSR count). The predicted octanol–water partition coefficient (Wildman–Crippen LogP) is 3.76. The third kappa shape index (κ3) is 3.47. The van der Waals surface area contributed by atoms with Crippen LogP contribution in [0.5, 0.6) is 5.75 Å². The van der Waals surface area contributed by atoms with Crippen LogP contribution < -0.4 is 10.5 Å². The third-order valence-electron chi connectivity index (χ3n) is 3.30. The van der Waals surface area contributed by atoms with Crippen molar-refractivity contribution in [1.82, 2.24) is 4.98 Å². The zero-order valence-electron chi connectivity index (χ0n) is 11.5. The number of hydrogen-bond acceptors (Lipinski definition) is 3. The number of anilines is 1. The normalized spacial score (nSPS) is 12.1. The molecule has 0 bridgehead atoms. The number of ether oxygens (including phenoxy) is 1. The fourth-order valence-corrected chi connectivity index (χ4v) is 1.98. The van der Waals surface area contributed by atoms with Crippen LogP contribution >= 0.6 is 0 Å². The third-order valence-corrected chi connectivity index (χ3v) is 3.30. The summed E-state index contributed by atoms with van der Waals surface area (Å²) in [6.07, 6.45) is 2.80. The van der Waals surface area contributed by atoms with Gasteiger partial charge < -0.3 is 10.5 Å². The summed E-state index contributed by atoms with van der Waals surface area (Å²) in [5, 5.41) is 0. The van der Waals surface area contributed by atoms with Crippen LogP contribution in [-0.4, -0.2) is 4.98 Å². The Balaban J connectivity index is 2.11. The number of hydrogen-bond donors (Lipinski definition) is 1. The largest absolute Gasteiger partial charge is 0.489 e. The lowest BCUT2D eigenvalue weighted by atomic mass is 9.98. The van der Waals surface area contributed by atoms with Gasteiger partial charge in [-0.15, -0.1) is 0 Å². The number of pyridine rings is 1. The van der Waals surface area contributed by atoms with Crippen molar-refractivity contribution in [3.63, 3.8) is 0 Å². The molecule has 0 radical (unpaired) electrons. The van der Waals surface area contributed by atoms with Gasteiger partial charge in [-0.2, -0.15) is 0 Å². The van der Waals surface area contributed by atoms with E-state index in [2.05, 4.69) is 31.0 Å². The van der Waals surface area contributed by atoms with Crippen LogP contribution in [0.1, 0.15) is 37.3 Å². The lowest BCUT2D eigenvalue weighted by Gasteiger charge is -2.15. The van der Waals surface area contributed by atoms with E-state index in [4.69, 9.17) is 10.5 Å². The van der Waals surface area contributed by atoms with Gasteiger partial charge in [0, 0.05) is 6.20 Å². The molecule has 0 saturated carbocycles. The van der Waals surface area contributed by atoms with Crippen molar-refractivity contribution in [3.05, 3.63) is 53.7 Å². The first-order valence-corrected chi connectivity index (χ1v) is 6.62. The molecule has 3 heteroatoms. The molecule has 0 aliphatic heterocycles. The van der Waals surface area contributed by atoms with Gasteiger partial charge in [-0.1, -0.05) is 32.0 Å². The molecule has 0 spiro atoms. The molecule has 0 aliphatic carbocycles. The zero-order valence-corrected chi connectivity index (χ0v) is 11.5. The zero-order chi connectivity index (χ0) is 13.7. The Bertz CT molecular complexity index is 540. The second-order valence-electron chi connectivity index (χ2n) is 4.72. The number of nitrogens with two attached hydrogens (primary N) is 1. The highest BCUT2D eigenvalue weighted by molar-refractivity contribution is 5.37. The van der Waals surface area contributed by atoms with Gasteiger partial charge in [0.1, 0.15) is 18.2 Å². The van der Waals surface area contributed by atoms with Crippen molar-refractivity contribution >= 4 is 5.82 Å². The summed E-state index contributed by atoms with van der Waals surface area (Å²) < 4.78 is 5.92. The number of nitrogen functional groups attached to an aromatic ring is 1. The molecule has 1 unspecified atom stereocenters. The molecular weight excluding hydrogens is 236 g/mol. The Kier molecular flexibility index (Phi) is 4.39. The monoisotopic (exact) mass is 256 g/mol. The van der Waals surface area contributed by atoms with Gasteiger partial charge in [0.25, 0.3) is 0 Å². The molecule has 0 fully saturated rings. The smallest absolute Gasteiger partial charge is 0.123 e. The molecule has 3 nitrogen and oxygen atoms in total. The Morgan fingerprint density at radius 2 is 2.05 bits per heavy atom. The number of aromatic nitrogens is 1.